The molecule has 4 heteroatoms. The predicted molar refractivity (Wildman–Crippen MR) is 89.1 cm³/mol. The van der Waals surface area contributed by atoms with Crippen molar-refractivity contribution in [2.24, 2.45) is 5.92 Å². The van der Waals surface area contributed by atoms with E-state index in [9.17, 15) is 0 Å². The zero-order valence-corrected chi connectivity index (χ0v) is 14.7. The molecule has 1 N–H and O–H groups in total. The maximum Gasteiger partial charge on any atom is 0.219 e. The zero-order valence-electron chi connectivity index (χ0n) is 14.7. The van der Waals surface area contributed by atoms with Gasteiger partial charge in [0, 0.05) is 18.0 Å². The van der Waals surface area contributed by atoms with Crippen molar-refractivity contribution in [1.82, 2.24) is 9.97 Å². The van der Waals surface area contributed by atoms with E-state index in [1.165, 1.54) is 0 Å². The van der Waals surface area contributed by atoms with Crippen LogP contribution in [-0.2, 0) is 5.41 Å². The van der Waals surface area contributed by atoms with Gasteiger partial charge in [0.2, 0.25) is 5.88 Å². The number of nitrogens with zero attached hydrogens (tertiary/aromatic N) is 2. The van der Waals surface area contributed by atoms with Gasteiger partial charge < -0.3 is 10.1 Å². The summed E-state index contributed by atoms with van der Waals surface area (Å²) in [6, 6.07) is 1.90. The van der Waals surface area contributed by atoms with E-state index in [1.807, 2.05) is 6.07 Å². The van der Waals surface area contributed by atoms with E-state index in [2.05, 4.69) is 63.8 Å². The van der Waals surface area contributed by atoms with Crippen LogP contribution in [0.2, 0.25) is 0 Å². The molecule has 1 aromatic heterocycles. The van der Waals surface area contributed by atoms with Crippen molar-refractivity contribution in [3.8, 4) is 5.88 Å². The van der Waals surface area contributed by atoms with Gasteiger partial charge in [0.1, 0.15) is 11.6 Å². The normalized spacial score (nSPS) is 13.3. The Balaban J connectivity index is 2.95. The van der Waals surface area contributed by atoms with Crippen LogP contribution in [0.15, 0.2) is 6.07 Å². The summed E-state index contributed by atoms with van der Waals surface area (Å²) >= 11 is 0. The molecule has 1 unspecified atom stereocenters. The molecule has 0 saturated heterocycles. The third-order valence-electron chi connectivity index (χ3n) is 3.05. The highest BCUT2D eigenvalue weighted by Crippen LogP contribution is 2.24. The van der Waals surface area contributed by atoms with Crippen LogP contribution < -0.4 is 10.1 Å². The largest absolute Gasteiger partial charge is 0.474 e. The number of anilines is 1. The summed E-state index contributed by atoms with van der Waals surface area (Å²) in [7, 11) is 0. The van der Waals surface area contributed by atoms with Crippen LogP contribution in [0, 0.1) is 5.92 Å². The molecule has 0 radical (unpaired) electrons. The molecule has 0 aliphatic rings. The maximum absolute atomic E-state index is 5.99. The first kappa shape index (κ1) is 17.7. The molecule has 1 aromatic rings. The first-order chi connectivity index (χ1) is 9.72. The molecule has 0 bridgehead atoms. The van der Waals surface area contributed by atoms with E-state index >= 15 is 0 Å². The van der Waals surface area contributed by atoms with E-state index in [0.717, 1.165) is 31.0 Å². The molecule has 0 aliphatic heterocycles. The molecule has 0 aromatic carbocycles. The fourth-order valence-electron chi connectivity index (χ4n) is 2.08. The van der Waals surface area contributed by atoms with Gasteiger partial charge in [-0.05, 0) is 25.7 Å². The monoisotopic (exact) mass is 293 g/mol. The first-order valence-electron chi connectivity index (χ1n) is 8.02. The zero-order chi connectivity index (χ0) is 16.0. The number of nitrogens with one attached hydrogen (secondary N) is 1. The lowest BCUT2D eigenvalue weighted by Gasteiger charge is -2.21. The third-order valence-corrected chi connectivity index (χ3v) is 3.05. The Bertz CT molecular complexity index is 438. The van der Waals surface area contributed by atoms with Gasteiger partial charge in [0.25, 0.3) is 0 Å². The lowest BCUT2D eigenvalue weighted by atomic mass is 9.96. The van der Waals surface area contributed by atoms with Gasteiger partial charge in [0.15, 0.2) is 0 Å². The van der Waals surface area contributed by atoms with Crippen molar-refractivity contribution in [3.05, 3.63) is 11.9 Å². The second-order valence-electron chi connectivity index (χ2n) is 7.15. The fourth-order valence-corrected chi connectivity index (χ4v) is 2.08. The molecule has 4 nitrogen and oxygen atoms in total. The highest BCUT2D eigenvalue weighted by molar-refractivity contribution is 5.39. The Kier molecular flexibility index (Phi) is 6.43. The van der Waals surface area contributed by atoms with Gasteiger partial charge in [0.05, 0.1) is 6.10 Å². The summed E-state index contributed by atoms with van der Waals surface area (Å²) in [5.74, 6) is 2.95. The van der Waals surface area contributed by atoms with Gasteiger partial charge in [-0.2, -0.15) is 4.98 Å². The van der Waals surface area contributed by atoms with Crippen LogP contribution in [0.5, 0.6) is 5.88 Å². The van der Waals surface area contributed by atoms with Crippen molar-refractivity contribution < 1.29 is 4.74 Å². The van der Waals surface area contributed by atoms with Crippen LogP contribution >= 0.6 is 0 Å². The van der Waals surface area contributed by atoms with Crippen LogP contribution in [0.1, 0.15) is 67.1 Å². The van der Waals surface area contributed by atoms with Gasteiger partial charge in [-0.3, -0.25) is 0 Å². The van der Waals surface area contributed by atoms with E-state index in [1.54, 1.807) is 0 Å². The average molecular weight is 293 g/mol. The number of aromatic nitrogens is 2. The smallest absolute Gasteiger partial charge is 0.219 e. The summed E-state index contributed by atoms with van der Waals surface area (Å²) in [5.41, 5.74) is -0.0939. The van der Waals surface area contributed by atoms with Gasteiger partial charge in [-0.15, -0.1) is 0 Å². The molecular formula is C17H31N3O. The van der Waals surface area contributed by atoms with Crippen LogP contribution in [0.3, 0.4) is 0 Å². The maximum atomic E-state index is 5.99. The van der Waals surface area contributed by atoms with Crippen molar-refractivity contribution in [3.63, 3.8) is 0 Å². The molecule has 0 saturated carbocycles. The van der Waals surface area contributed by atoms with E-state index in [4.69, 9.17) is 4.74 Å². The van der Waals surface area contributed by atoms with Gasteiger partial charge >= 0.3 is 0 Å². The summed E-state index contributed by atoms with van der Waals surface area (Å²) in [6.07, 6.45) is 2.24. The van der Waals surface area contributed by atoms with Crippen molar-refractivity contribution >= 4 is 5.82 Å². The van der Waals surface area contributed by atoms with Gasteiger partial charge in [-0.1, -0.05) is 41.5 Å². The number of ether oxygens (including phenoxy) is 1. The number of rotatable bonds is 7. The Hall–Kier alpha value is -1.32. The molecule has 1 atom stereocenters. The highest BCUT2D eigenvalue weighted by atomic mass is 16.5. The third kappa shape index (κ3) is 6.32. The first-order valence-corrected chi connectivity index (χ1v) is 8.02. The Morgan fingerprint density at radius 2 is 1.86 bits per heavy atom. The highest BCUT2D eigenvalue weighted by Gasteiger charge is 2.20. The summed E-state index contributed by atoms with van der Waals surface area (Å²) in [6.45, 7) is 15.9. The minimum absolute atomic E-state index is 0.0939. The van der Waals surface area contributed by atoms with Crippen LogP contribution in [0.4, 0.5) is 5.82 Å². The standard InChI is InChI=1S/C17H31N3O/c1-8-9-18-14-11-15(21-13(4)10-12(2)3)20-16(19-14)17(5,6)7/h11-13H,8-10H2,1-7H3,(H,18,19,20). The summed E-state index contributed by atoms with van der Waals surface area (Å²) in [4.78, 5) is 9.19. The molecule has 21 heavy (non-hydrogen) atoms. The SMILES string of the molecule is CCCNc1cc(OC(C)CC(C)C)nc(C(C)(C)C)n1. The van der Waals surface area contributed by atoms with Crippen LogP contribution in [0.25, 0.3) is 0 Å². The minimum atomic E-state index is -0.0939. The lowest BCUT2D eigenvalue weighted by Crippen LogP contribution is -2.20. The molecule has 0 amide bonds. The molecular weight excluding hydrogens is 262 g/mol. The summed E-state index contributed by atoms with van der Waals surface area (Å²) in [5, 5.41) is 3.33. The molecule has 0 fully saturated rings. The second kappa shape index (κ2) is 7.62. The summed E-state index contributed by atoms with van der Waals surface area (Å²) < 4.78 is 5.99. The van der Waals surface area contributed by atoms with E-state index in [0.29, 0.717) is 11.8 Å². The predicted octanol–water partition coefficient (Wildman–Crippen LogP) is 4.41. The lowest BCUT2D eigenvalue weighted by molar-refractivity contribution is 0.184. The van der Waals surface area contributed by atoms with Crippen molar-refractivity contribution in [1.29, 1.82) is 0 Å². The molecule has 1 heterocycles. The average Bonchev–Trinajstić information content (AvgIpc) is 2.33. The molecule has 1 rings (SSSR count). The van der Waals surface area contributed by atoms with Crippen LogP contribution in [-0.4, -0.2) is 22.6 Å². The van der Waals surface area contributed by atoms with E-state index in [-0.39, 0.29) is 11.5 Å². The Morgan fingerprint density at radius 3 is 2.38 bits per heavy atom. The minimum Gasteiger partial charge on any atom is -0.474 e. The Labute approximate surface area is 129 Å². The molecule has 120 valence electrons. The van der Waals surface area contributed by atoms with Crippen molar-refractivity contribution in [2.75, 3.05) is 11.9 Å². The van der Waals surface area contributed by atoms with E-state index < -0.39 is 0 Å². The number of hydrogen-bond donors (Lipinski definition) is 1. The molecule has 0 spiro atoms. The fraction of sp³-hybridized carbons (Fsp3) is 0.765. The second-order valence-corrected chi connectivity index (χ2v) is 7.15. The topological polar surface area (TPSA) is 47.0 Å². The Morgan fingerprint density at radius 1 is 1.19 bits per heavy atom. The number of hydrogen-bond acceptors (Lipinski definition) is 4. The van der Waals surface area contributed by atoms with Crippen molar-refractivity contribution in [2.45, 2.75) is 72.8 Å². The quantitative estimate of drug-likeness (QED) is 0.809. The molecule has 0 aliphatic carbocycles. The van der Waals surface area contributed by atoms with Gasteiger partial charge in [-0.25, -0.2) is 4.98 Å².